The van der Waals surface area contributed by atoms with Crippen LogP contribution in [0.2, 0.25) is 0 Å². The normalized spacial score (nSPS) is 10.5. The van der Waals surface area contributed by atoms with E-state index in [0.717, 1.165) is 5.69 Å². The Hall–Kier alpha value is -2.04. The minimum absolute atomic E-state index is 0.131. The van der Waals surface area contributed by atoms with Crippen LogP contribution in [0.3, 0.4) is 0 Å². The molecule has 5 nitrogen and oxygen atoms in total. The number of rotatable bonds is 2. The van der Waals surface area contributed by atoms with Gasteiger partial charge in [-0.2, -0.15) is 0 Å². The summed E-state index contributed by atoms with van der Waals surface area (Å²) in [5.74, 6) is -0.692. The summed E-state index contributed by atoms with van der Waals surface area (Å²) < 4.78 is 6.70. The Labute approximate surface area is 85.9 Å². The van der Waals surface area contributed by atoms with Crippen LogP contribution in [-0.2, 0) is 0 Å². The summed E-state index contributed by atoms with van der Waals surface area (Å²) in [5, 5.41) is 8.97. The minimum atomic E-state index is -1.01. The van der Waals surface area contributed by atoms with Gasteiger partial charge in [0.15, 0.2) is 0 Å². The number of carbonyl (C=O) groups is 1. The molecule has 5 heteroatoms. The van der Waals surface area contributed by atoms with Gasteiger partial charge in [0, 0.05) is 24.2 Å². The summed E-state index contributed by atoms with van der Waals surface area (Å²) in [5.41, 5.74) is 1.69. The number of ether oxygens (including phenoxy) is 1. The van der Waals surface area contributed by atoms with E-state index in [4.69, 9.17) is 9.84 Å². The Morgan fingerprint density at radius 1 is 1.60 bits per heavy atom. The number of carboxylic acids is 1. The smallest absolute Gasteiger partial charge is 0.341 e. The number of aryl methyl sites for hydroxylation is 1. The molecule has 2 heterocycles. The highest BCUT2D eigenvalue weighted by atomic mass is 16.5. The number of hydrogen-bond donors (Lipinski definition) is 1. The van der Waals surface area contributed by atoms with E-state index in [2.05, 4.69) is 4.98 Å². The summed E-state index contributed by atoms with van der Waals surface area (Å²) in [6.07, 6.45) is 3.19. The van der Waals surface area contributed by atoms with E-state index in [0.29, 0.717) is 11.4 Å². The van der Waals surface area contributed by atoms with Crippen molar-refractivity contribution >= 4 is 11.6 Å². The monoisotopic (exact) mass is 206 g/mol. The lowest BCUT2D eigenvalue weighted by Crippen LogP contribution is -2.03. The molecule has 0 aliphatic heterocycles. The van der Waals surface area contributed by atoms with Gasteiger partial charge in [0.2, 0.25) is 0 Å². The topological polar surface area (TPSA) is 63.8 Å². The van der Waals surface area contributed by atoms with Gasteiger partial charge >= 0.3 is 5.97 Å². The number of imidazole rings is 1. The van der Waals surface area contributed by atoms with Crippen LogP contribution >= 0.6 is 0 Å². The van der Waals surface area contributed by atoms with Gasteiger partial charge in [-0.15, -0.1) is 0 Å². The zero-order valence-electron chi connectivity index (χ0n) is 8.39. The van der Waals surface area contributed by atoms with Crippen LogP contribution in [0.4, 0.5) is 0 Å². The highest BCUT2D eigenvalue weighted by Crippen LogP contribution is 2.21. The molecule has 0 unspecified atom stereocenters. The molecule has 15 heavy (non-hydrogen) atoms. The highest BCUT2D eigenvalue weighted by molar-refractivity contribution is 5.91. The number of nitrogens with zero attached hydrogens (tertiary/aromatic N) is 2. The Kier molecular flexibility index (Phi) is 2.07. The first-order valence-electron chi connectivity index (χ1n) is 4.38. The van der Waals surface area contributed by atoms with Crippen LogP contribution in [0.5, 0.6) is 5.75 Å². The lowest BCUT2D eigenvalue weighted by molar-refractivity contribution is 0.0693. The minimum Gasteiger partial charge on any atom is -0.496 e. The largest absolute Gasteiger partial charge is 0.496 e. The third kappa shape index (κ3) is 1.41. The number of methoxy groups -OCH3 is 1. The van der Waals surface area contributed by atoms with Crippen molar-refractivity contribution in [1.29, 1.82) is 0 Å². The maximum atomic E-state index is 10.9. The van der Waals surface area contributed by atoms with Crippen molar-refractivity contribution in [3.8, 4) is 5.75 Å². The number of fused-ring (bicyclic) bond motifs is 1. The Morgan fingerprint density at radius 3 is 2.93 bits per heavy atom. The first-order chi connectivity index (χ1) is 7.13. The van der Waals surface area contributed by atoms with Crippen molar-refractivity contribution in [1.82, 2.24) is 9.38 Å². The summed E-state index contributed by atoms with van der Waals surface area (Å²) in [4.78, 5) is 15.1. The summed E-state index contributed by atoms with van der Waals surface area (Å²) in [6, 6.07) is 1.61. The second-order valence-corrected chi connectivity index (χ2v) is 3.19. The number of hydrogen-bond acceptors (Lipinski definition) is 3. The zero-order chi connectivity index (χ0) is 11.0. The van der Waals surface area contributed by atoms with E-state index in [1.54, 1.807) is 16.7 Å². The lowest BCUT2D eigenvalue weighted by atomic mass is 10.2. The number of carboxylic acid groups (broad SMARTS) is 1. The second kappa shape index (κ2) is 3.27. The first kappa shape index (κ1) is 9.51. The third-order valence-electron chi connectivity index (χ3n) is 2.24. The Bertz CT molecular complexity index is 531. The standard InChI is InChI=1S/C10H10N2O3/c1-6-4-11-9-3-8(15-2)7(10(13)14)5-12(6)9/h3-5H,1-2H3,(H,13,14). The van der Waals surface area contributed by atoms with Crippen molar-refractivity contribution in [3.05, 3.63) is 29.7 Å². The molecule has 2 aromatic heterocycles. The fourth-order valence-electron chi connectivity index (χ4n) is 1.46. The van der Waals surface area contributed by atoms with Gasteiger partial charge in [-0.3, -0.25) is 0 Å². The third-order valence-corrected chi connectivity index (χ3v) is 2.24. The molecular weight excluding hydrogens is 196 g/mol. The van der Waals surface area contributed by atoms with Crippen molar-refractivity contribution < 1.29 is 14.6 Å². The van der Waals surface area contributed by atoms with Crippen LogP contribution < -0.4 is 4.74 Å². The molecule has 0 amide bonds. The Morgan fingerprint density at radius 2 is 2.33 bits per heavy atom. The van der Waals surface area contributed by atoms with E-state index in [1.807, 2.05) is 6.92 Å². The molecule has 78 valence electrons. The molecule has 0 fully saturated rings. The van der Waals surface area contributed by atoms with Gasteiger partial charge in [0.05, 0.1) is 7.11 Å². The van der Waals surface area contributed by atoms with Crippen molar-refractivity contribution in [2.75, 3.05) is 7.11 Å². The van der Waals surface area contributed by atoms with Gasteiger partial charge in [0.25, 0.3) is 0 Å². The molecule has 0 saturated heterocycles. The number of aromatic nitrogens is 2. The summed E-state index contributed by atoms with van der Waals surface area (Å²) in [6.45, 7) is 1.86. The molecule has 0 saturated carbocycles. The maximum absolute atomic E-state index is 10.9. The predicted octanol–water partition coefficient (Wildman–Crippen LogP) is 1.35. The van der Waals surface area contributed by atoms with Crippen LogP contribution in [0.1, 0.15) is 16.1 Å². The highest BCUT2D eigenvalue weighted by Gasteiger charge is 2.13. The first-order valence-corrected chi connectivity index (χ1v) is 4.38. The van der Waals surface area contributed by atoms with Crippen LogP contribution in [0.15, 0.2) is 18.5 Å². The molecule has 2 rings (SSSR count). The summed E-state index contributed by atoms with van der Waals surface area (Å²) >= 11 is 0. The fraction of sp³-hybridized carbons (Fsp3) is 0.200. The van der Waals surface area contributed by atoms with Crippen LogP contribution in [0.25, 0.3) is 5.65 Å². The van der Waals surface area contributed by atoms with Crippen LogP contribution in [-0.4, -0.2) is 27.6 Å². The SMILES string of the molecule is COc1cc2ncc(C)n2cc1C(=O)O. The van der Waals surface area contributed by atoms with E-state index >= 15 is 0 Å². The van der Waals surface area contributed by atoms with Gasteiger partial charge in [0.1, 0.15) is 17.0 Å². The molecular formula is C10H10N2O3. The lowest BCUT2D eigenvalue weighted by Gasteiger charge is -2.05. The molecule has 0 aliphatic rings. The van der Waals surface area contributed by atoms with Crippen molar-refractivity contribution in [2.24, 2.45) is 0 Å². The molecule has 0 atom stereocenters. The van der Waals surface area contributed by atoms with Crippen molar-refractivity contribution in [2.45, 2.75) is 6.92 Å². The number of pyridine rings is 1. The number of aromatic carboxylic acids is 1. The van der Waals surface area contributed by atoms with Gasteiger partial charge in [-0.25, -0.2) is 9.78 Å². The molecule has 0 radical (unpaired) electrons. The second-order valence-electron chi connectivity index (χ2n) is 3.19. The average Bonchev–Trinajstić information content (AvgIpc) is 2.58. The molecule has 1 N–H and O–H groups in total. The molecule has 0 aromatic carbocycles. The van der Waals surface area contributed by atoms with E-state index in [9.17, 15) is 4.79 Å². The van der Waals surface area contributed by atoms with Gasteiger partial charge in [-0.05, 0) is 6.92 Å². The maximum Gasteiger partial charge on any atom is 0.341 e. The predicted molar refractivity (Wildman–Crippen MR) is 53.4 cm³/mol. The Balaban J connectivity index is 2.77. The van der Waals surface area contributed by atoms with E-state index in [1.165, 1.54) is 13.3 Å². The molecule has 2 aromatic rings. The van der Waals surface area contributed by atoms with Gasteiger partial charge < -0.3 is 14.2 Å². The van der Waals surface area contributed by atoms with Crippen molar-refractivity contribution in [3.63, 3.8) is 0 Å². The summed E-state index contributed by atoms with van der Waals surface area (Å²) in [7, 11) is 1.44. The quantitative estimate of drug-likeness (QED) is 0.805. The van der Waals surface area contributed by atoms with Gasteiger partial charge in [-0.1, -0.05) is 0 Å². The van der Waals surface area contributed by atoms with Crippen LogP contribution in [0, 0.1) is 6.92 Å². The zero-order valence-corrected chi connectivity index (χ0v) is 8.39. The molecule has 0 spiro atoms. The average molecular weight is 206 g/mol. The molecule has 0 bridgehead atoms. The molecule has 0 aliphatic carbocycles. The fourth-order valence-corrected chi connectivity index (χ4v) is 1.46. The van der Waals surface area contributed by atoms with E-state index in [-0.39, 0.29) is 5.56 Å². The van der Waals surface area contributed by atoms with E-state index < -0.39 is 5.97 Å².